The molecule has 0 aromatic heterocycles. The van der Waals surface area contributed by atoms with E-state index in [0.717, 1.165) is 0 Å². The van der Waals surface area contributed by atoms with Crippen molar-refractivity contribution in [2.75, 3.05) is 0 Å². The topological polar surface area (TPSA) is 18.5 Å². The molecule has 18 heavy (non-hydrogen) atoms. The molecule has 1 fully saturated rings. The van der Waals surface area contributed by atoms with Gasteiger partial charge in [0.15, 0.2) is 0 Å². The fourth-order valence-corrected chi connectivity index (χ4v) is 1.40. The van der Waals surface area contributed by atoms with E-state index in [1.165, 1.54) is 33.4 Å². The van der Waals surface area contributed by atoms with Gasteiger partial charge in [0.25, 0.3) is 0 Å². The fraction of sp³-hybridized carbons (Fsp3) is 0.714. The van der Waals surface area contributed by atoms with Gasteiger partial charge in [-0.2, -0.15) is 0 Å². The second-order valence-corrected chi connectivity index (χ2v) is 5.45. The largest absolute Gasteiger partial charge is 0.488 e. The smallest absolute Gasteiger partial charge is 0.405 e. The van der Waals surface area contributed by atoms with Crippen LogP contribution in [0.5, 0.6) is 0 Å². The molecule has 2 radical (unpaired) electrons. The first-order valence-corrected chi connectivity index (χ1v) is 6.43. The van der Waals surface area contributed by atoms with Crippen LogP contribution in [0.2, 0.25) is 0 Å². The maximum Gasteiger partial charge on any atom is 0.488 e. The average molecular weight is 338 g/mol. The standard InChI is InChI=1S/C8H12.C6H12BO2.Rh/c1-2-4-6-8-7-5-3-1;1-5(2)6(3,4)9-7-8-5;/h1-2,7-8H,3-6H2;1-4H3;. The number of hydrogen-bond acceptors (Lipinski definition) is 2. The maximum absolute atomic E-state index is 5.21. The van der Waals surface area contributed by atoms with Crippen molar-refractivity contribution >= 4 is 7.69 Å². The van der Waals surface area contributed by atoms with E-state index < -0.39 is 0 Å². The Hall–Kier alpha value is 0.0883. The van der Waals surface area contributed by atoms with Crippen molar-refractivity contribution in [1.82, 2.24) is 0 Å². The summed E-state index contributed by atoms with van der Waals surface area (Å²) in [6.45, 7) is 8.04. The average Bonchev–Trinajstić information content (AvgIpc) is 2.38. The monoisotopic (exact) mass is 338 g/mol. The maximum atomic E-state index is 5.21. The van der Waals surface area contributed by atoms with Gasteiger partial charge < -0.3 is 9.31 Å². The normalized spacial score (nSPS) is 23.8. The minimum absolute atomic E-state index is 0. The van der Waals surface area contributed by atoms with Crippen molar-refractivity contribution < 1.29 is 28.8 Å². The zero-order valence-electron chi connectivity index (χ0n) is 11.9. The summed E-state index contributed by atoms with van der Waals surface area (Å²) in [5.41, 5.74) is -0.375. The van der Waals surface area contributed by atoms with Crippen LogP contribution in [0.4, 0.5) is 0 Å². The van der Waals surface area contributed by atoms with Crippen LogP contribution in [0.1, 0.15) is 53.4 Å². The Bertz CT molecular complexity index is 246. The third kappa shape index (κ3) is 5.82. The van der Waals surface area contributed by atoms with Crippen molar-refractivity contribution in [2.45, 2.75) is 64.6 Å². The van der Waals surface area contributed by atoms with Crippen molar-refractivity contribution in [1.29, 1.82) is 0 Å². The SMILES string of the molecule is C1=CCCC=CCC1.CC1(C)O[B]OC1(C)C.[Rh]. The molecule has 104 valence electrons. The summed E-state index contributed by atoms with van der Waals surface area (Å²) in [5.74, 6) is 0. The Morgan fingerprint density at radius 1 is 0.722 bits per heavy atom. The van der Waals surface area contributed by atoms with Gasteiger partial charge in [-0.3, -0.25) is 0 Å². The van der Waals surface area contributed by atoms with Crippen LogP contribution in [-0.2, 0) is 28.8 Å². The van der Waals surface area contributed by atoms with Crippen LogP contribution in [0.15, 0.2) is 24.3 Å². The van der Waals surface area contributed by atoms with E-state index in [0.29, 0.717) is 0 Å². The Morgan fingerprint density at radius 2 is 1.00 bits per heavy atom. The number of rotatable bonds is 0. The molecule has 4 heteroatoms. The molecule has 2 aliphatic rings. The molecule has 2 nitrogen and oxygen atoms in total. The molecule has 1 aliphatic carbocycles. The number of allylic oxidation sites excluding steroid dienone is 4. The zero-order valence-corrected chi connectivity index (χ0v) is 13.5. The molecule has 0 amide bonds. The molecule has 0 saturated carbocycles. The van der Waals surface area contributed by atoms with E-state index in [4.69, 9.17) is 9.31 Å². The molecule has 1 heterocycles. The molecule has 1 aliphatic heterocycles. The minimum atomic E-state index is -0.188. The summed E-state index contributed by atoms with van der Waals surface area (Å²) < 4.78 is 10.4. The molecule has 2 rings (SSSR count). The third-order valence-corrected chi connectivity index (χ3v) is 3.47. The molecular weight excluding hydrogens is 314 g/mol. The van der Waals surface area contributed by atoms with Gasteiger partial charge in [-0.1, -0.05) is 24.3 Å². The van der Waals surface area contributed by atoms with Gasteiger partial charge in [0.1, 0.15) is 0 Å². The van der Waals surface area contributed by atoms with Crippen LogP contribution in [0, 0.1) is 0 Å². The second kappa shape index (κ2) is 8.30. The Labute approximate surface area is 125 Å². The van der Waals surface area contributed by atoms with Gasteiger partial charge in [-0.05, 0) is 53.4 Å². The summed E-state index contributed by atoms with van der Waals surface area (Å²) in [6.07, 6.45) is 14.0. The van der Waals surface area contributed by atoms with E-state index in [1.54, 1.807) is 0 Å². The molecule has 0 aromatic rings. The summed E-state index contributed by atoms with van der Waals surface area (Å²) in [4.78, 5) is 0. The Balaban J connectivity index is 0.000000306. The van der Waals surface area contributed by atoms with Crippen molar-refractivity contribution in [3.8, 4) is 0 Å². The first kappa shape index (κ1) is 18.1. The third-order valence-electron chi connectivity index (χ3n) is 3.47. The Kier molecular flexibility index (Phi) is 8.34. The molecule has 0 aromatic carbocycles. The summed E-state index contributed by atoms with van der Waals surface area (Å²) in [5, 5.41) is 0. The summed E-state index contributed by atoms with van der Waals surface area (Å²) >= 11 is 0. The van der Waals surface area contributed by atoms with Crippen LogP contribution in [-0.4, -0.2) is 18.9 Å². The molecular formula is C14H24BO2Rh. The van der Waals surface area contributed by atoms with Crippen LogP contribution in [0.25, 0.3) is 0 Å². The van der Waals surface area contributed by atoms with Gasteiger partial charge >= 0.3 is 7.69 Å². The van der Waals surface area contributed by atoms with Gasteiger partial charge in [-0.25, -0.2) is 0 Å². The molecule has 0 bridgehead atoms. The predicted octanol–water partition coefficient (Wildman–Crippen LogP) is 3.79. The van der Waals surface area contributed by atoms with Gasteiger partial charge in [0, 0.05) is 19.5 Å². The first-order valence-electron chi connectivity index (χ1n) is 6.43. The first-order chi connectivity index (χ1) is 7.96. The predicted molar refractivity (Wildman–Crippen MR) is 72.8 cm³/mol. The fourth-order valence-electron chi connectivity index (χ4n) is 1.40. The van der Waals surface area contributed by atoms with E-state index in [9.17, 15) is 0 Å². The van der Waals surface area contributed by atoms with E-state index in [-0.39, 0.29) is 30.7 Å². The van der Waals surface area contributed by atoms with Crippen LogP contribution >= 0.6 is 0 Å². The van der Waals surface area contributed by atoms with Gasteiger partial charge in [0.05, 0.1) is 11.2 Å². The van der Waals surface area contributed by atoms with Gasteiger partial charge in [0.2, 0.25) is 0 Å². The van der Waals surface area contributed by atoms with E-state index >= 15 is 0 Å². The minimum Gasteiger partial charge on any atom is -0.405 e. The molecule has 1 saturated heterocycles. The summed E-state index contributed by atoms with van der Waals surface area (Å²) in [6, 6.07) is 0. The number of hydrogen-bond donors (Lipinski definition) is 0. The zero-order chi connectivity index (χ0) is 12.8. The second-order valence-electron chi connectivity index (χ2n) is 5.45. The van der Waals surface area contributed by atoms with Crippen molar-refractivity contribution in [2.24, 2.45) is 0 Å². The van der Waals surface area contributed by atoms with E-state index in [1.807, 2.05) is 27.7 Å². The molecule has 0 atom stereocenters. The molecule has 0 N–H and O–H groups in total. The van der Waals surface area contributed by atoms with Crippen LogP contribution < -0.4 is 0 Å². The summed E-state index contributed by atoms with van der Waals surface area (Å²) in [7, 11) is 1.42. The molecule has 0 spiro atoms. The Morgan fingerprint density at radius 3 is 1.17 bits per heavy atom. The quantitative estimate of drug-likeness (QED) is 0.494. The van der Waals surface area contributed by atoms with Gasteiger partial charge in [-0.15, -0.1) is 0 Å². The van der Waals surface area contributed by atoms with E-state index in [2.05, 4.69) is 24.3 Å². The molecule has 0 unspecified atom stereocenters. The van der Waals surface area contributed by atoms with Crippen molar-refractivity contribution in [3.05, 3.63) is 24.3 Å². The van der Waals surface area contributed by atoms with Crippen molar-refractivity contribution in [3.63, 3.8) is 0 Å². The van der Waals surface area contributed by atoms with Crippen LogP contribution in [0.3, 0.4) is 0 Å².